The number of hydrogen-bond donors (Lipinski definition) is 1. The first-order valence-electron chi connectivity index (χ1n) is 6.59. The molecule has 0 radical (unpaired) electrons. The van der Waals surface area contributed by atoms with Crippen LogP contribution in [0.25, 0.3) is 0 Å². The largest absolute Gasteiger partial charge is 0.481 e. The van der Waals surface area contributed by atoms with Crippen LogP contribution >= 0.6 is 0 Å². The summed E-state index contributed by atoms with van der Waals surface area (Å²) in [5.74, 6) is -0.130. The average molecular weight is 275 g/mol. The van der Waals surface area contributed by atoms with Gasteiger partial charge in [0.2, 0.25) is 10.0 Å². The number of hydrogen-bond acceptors (Lipinski definition) is 3. The van der Waals surface area contributed by atoms with E-state index < -0.39 is 16.0 Å². The Morgan fingerprint density at radius 3 is 2.33 bits per heavy atom. The Morgan fingerprint density at radius 1 is 1.28 bits per heavy atom. The van der Waals surface area contributed by atoms with Gasteiger partial charge < -0.3 is 5.11 Å². The van der Waals surface area contributed by atoms with Crippen LogP contribution < -0.4 is 0 Å². The third-order valence-corrected chi connectivity index (χ3v) is 6.14. The highest BCUT2D eigenvalue weighted by atomic mass is 32.2. The van der Waals surface area contributed by atoms with Crippen LogP contribution in [0.4, 0.5) is 0 Å². The van der Waals surface area contributed by atoms with Crippen molar-refractivity contribution in [1.29, 1.82) is 0 Å². The molecule has 1 heterocycles. The topological polar surface area (TPSA) is 74.7 Å². The van der Waals surface area contributed by atoms with Gasteiger partial charge in [-0.05, 0) is 37.5 Å². The lowest BCUT2D eigenvalue weighted by atomic mass is 9.82. The van der Waals surface area contributed by atoms with E-state index in [1.165, 1.54) is 0 Å². The van der Waals surface area contributed by atoms with Gasteiger partial charge in [0, 0.05) is 13.1 Å². The van der Waals surface area contributed by atoms with Crippen LogP contribution in [0.3, 0.4) is 0 Å². The lowest BCUT2D eigenvalue weighted by molar-refractivity contribution is -0.143. The monoisotopic (exact) mass is 275 g/mol. The Hall–Kier alpha value is -0.620. The van der Waals surface area contributed by atoms with Crippen molar-refractivity contribution in [2.75, 3.05) is 18.8 Å². The van der Waals surface area contributed by atoms with Gasteiger partial charge in [0.25, 0.3) is 0 Å². The van der Waals surface area contributed by atoms with Gasteiger partial charge in [-0.15, -0.1) is 0 Å². The molecular weight excluding hydrogens is 254 g/mol. The number of carbonyl (C=O) groups is 1. The van der Waals surface area contributed by atoms with Gasteiger partial charge in [-0.25, -0.2) is 12.7 Å². The number of sulfonamides is 1. The molecule has 1 aliphatic heterocycles. The third kappa shape index (κ3) is 3.03. The van der Waals surface area contributed by atoms with Crippen molar-refractivity contribution >= 4 is 16.0 Å². The Labute approximate surface area is 108 Å². The zero-order valence-electron chi connectivity index (χ0n) is 10.7. The third-order valence-electron chi connectivity index (χ3n) is 4.06. The van der Waals surface area contributed by atoms with Gasteiger partial charge in [-0.1, -0.05) is 6.92 Å². The molecule has 18 heavy (non-hydrogen) atoms. The van der Waals surface area contributed by atoms with E-state index in [0.717, 1.165) is 12.8 Å². The summed E-state index contributed by atoms with van der Waals surface area (Å²) in [6.45, 7) is 3.17. The van der Waals surface area contributed by atoms with Crippen molar-refractivity contribution in [3.63, 3.8) is 0 Å². The Morgan fingerprint density at radius 2 is 1.89 bits per heavy atom. The zero-order chi connectivity index (χ0) is 13.3. The van der Waals surface area contributed by atoms with Gasteiger partial charge >= 0.3 is 5.97 Å². The molecule has 1 N–H and O–H groups in total. The fourth-order valence-electron chi connectivity index (χ4n) is 3.05. The first kappa shape index (κ1) is 13.8. The Balaban J connectivity index is 1.87. The summed E-state index contributed by atoms with van der Waals surface area (Å²) in [6, 6.07) is 0. The first-order chi connectivity index (χ1) is 8.38. The predicted octanol–water partition coefficient (Wildman–Crippen LogP) is 1.16. The fourth-order valence-corrected chi connectivity index (χ4v) is 5.00. The molecule has 1 saturated heterocycles. The van der Waals surface area contributed by atoms with Crippen LogP contribution in [0.15, 0.2) is 0 Å². The van der Waals surface area contributed by atoms with Crippen molar-refractivity contribution in [3.8, 4) is 0 Å². The van der Waals surface area contributed by atoms with Crippen molar-refractivity contribution in [2.45, 2.75) is 32.6 Å². The molecule has 0 aromatic carbocycles. The van der Waals surface area contributed by atoms with Gasteiger partial charge in [-0.3, -0.25) is 4.79 Å². The maximum Gasteiger partial charge on any atom is 0.306 e. The van der Waals surface area contributed by atoms with E-state index in [4.69, 9.17) is 5.11 Å². The summed E-state index contributed by atoms with van der Waals surface area (Å²) in [6.07, 6.45) is 3.03. The molecule has 1 unspecified atom stereocenters. The molecule has 6 heteroatoms. The molecule has 0 spiro atoms. The lowest BCUT2D eigenvalue weighted by Gasteiger charge is -2.28. The zero-order valence-corrected chi connectivity index (χ0v) is 11.5. The molecule has 1 aliphatic carbocycles. The van der Waals surface area contributed by atoms with E-state index in [0.29, 0.717) is 31.8 Å². The average Bonchev–Trinajstić information content (AvgIpc) is 2.52. The van der Waals surface area contributed by atoms with Gasteiger partial charge in [0.05, 0.1) is 11.7 Å². The molecule has 104 valence electrons. The van der Waals surface area contributed by atoms with Crippen LogP contribution in [0.2, 0.25) is 0 Å². The molecule has 1 atom stereocenters. The Kier molecular flexibility index (Phi) is 3.96. The number of nitrogens with zero attached hydrogens (tertiary/aromatic N) is 1. The molecule has 2 fully saturated rings. The maximum atomic E-state index is 11.9. The molecule has 0 amide bonds. The molecule has 0 aromatic rings. The minimum atomic E-state index is -3.05. The molecular formula is C12H21NO4S. The minimum Gasteiger partial charge on any atom is -0.481 e. The second-order valence-electron chi connectivity index (χ2n) is 5.76. The summed E-state index contributed by atoms with van der Waals surface area (Å²) in [5.41, 5.74) is 0. The normalized spacial score (nSPS) is 36.6. The van der Waals surface area contributed by atoms with E-state index in [9.17, 15) is 13.2 Å². The SMILES string of the molecule is CC1CN(CC2CCC(C(=O)O)CC2)S(=O)(=O)C1. The van der Waals surface area contributed by atoms with Crippen LogP contribution in [0.5, 0.6) is 0 Å². The molecule has 1 saturated carbocycles. The summed E-state index contributed by atoms with van der Waals surface area (Å²) in [5, 5.41) is 8.92. The van der Waals surface area contributed by atoms with E-state index >= 15 is 0 Å². The van der Waals surface area contributed by atoms with Crippen molar-refractivity contribution in [3.05, 3.63) is 0 Å². The summed E-state index contributed by atoms with van der Waals surface area (Å²) in [7, 11) is -3.05. The summed E-state index contributed by atoms with van der Waals surface area (Å²) >= 11 is 0. The highest BCUT2D eigenvalue weighted by Crippen LogP contribution is 2.31. The summed E-state index contributed by atoms with van der Waals surface area (Å²) < 4.78 is 25.3. The van der Waals surface area contributed by atoms with Crippen LogP contribution in [0.1, 0.15) is 32.6 Å². The van der Waals surface area contributed by atoms with Crippen LogP contribution in [-0.2, 0) is 14.8 Å². The molecule has 2 aliphatic rings. The van der Waals surface area contributed by atoms with Gasteiger partial charge in [-0.2, -0.15) is 0 Å². The standard InChI is InChI=1S/C12H21NO4S/c1-9-6-13(18(16,17)8-9)7-10-2-4-11(5-3-10)12(14)15/h9-11H,2-8H2,1H3,(H,14,15). The minimum absolute atomic E-state index is 0.213. The highest BCUT2D eigenvalue weighted by Gasteiger charge is 2.36. The number of carboxylic acid groups (broad SMARTS) is 1. The van der Waals surface area contributed by atoms with E-state index in [2.05, 4.69) is 0 Å². The highest BCUT2D eigenvalue weighted by molar-refractivity contribution is 7.89. The molecule has 0 aromatic heterocycles. The maximum absolute atomic E-state index is 11.9. The van der Waals surface area contributed by atoms with Crippen molar-refractivity contribution in [2.24, 2.45) is 17.8 Å². The number of carboxylic acids is 1. The lowest BCUT2D eigenvalue weighted by Crippen LogP contribution is -2.34. The van der Waals surface area contributed by atoms with E-state index in [1.54, 1.807) is 4.31 Å². The predicted molar refractivity (Wildman–Crippen MR) is 67.6 cm³/mol. The molecule has 0 bridgehead atoms. The van der Waals surface area contributed by atoms with Gasteiger partial charge in [0.15, 0.2) is 0 Å². The molecule has 2 rings (SSSR count). The second-order valence-corrected chi connectivity index (χ2v) is 7.77. The van der Waals surface area contributed by atoms with E-state index in [1.807, 2.05) is 6.92 Å². The fraction of sp³-hybridized carbons (Fsp3) is 0.917. The van der Waals surface area contributed by atoms with Crippen LogP contribution in [-0.4, -0.2) is 42.6 Å². The second kappa shape index (κ2) is 5.17. The van der Waals surface area contributed by atoms with Crippen LogP contribution in [0, 0.1) is 17.8 Å². The van der Waals surface area contributed by atoms with Crippen molar-refractivity contribution in [1.82, 2.24) is 4.31 Å². The quantitative estimate of drug-likeness (QED) is 0.838. The summed E-state index contributed by atoms with van der Waals surface area (Å²) in [4.78, 5) is 10.8. The number of rotatable bonds is 3. The van der Waals surface area contributed by atoms with Gasteiger partial charge in [0.1, 0.15) is 0 Å². The Bertz CT molecular complexity index is 412. The first-order valence-corrected chi connectivity index (χ1v) is 8.20. The number of aliphatic carboxylic acids is 1. The molecule has 5 nitrogen and oxygen atoms in total. The smallest absolute Gasteiger partial charge is 0.306 e. The van der Waals surface area contributed by atoms with E-state index in [-0.39, 0.29) is 17.6 Å². The van der Waals surface area contributed by atoms with Crippen molar-refractivity contribution < 1.29 is 18.3 Å².